The molecule has 116 valence electrons. The van der Waals surface area contributed by atoms with Gasteiger partial charge in [-0.05, 0) is 38.1 Å². The SMILES string of the molecule is CCOC(=O)Nc1ccc(OCC)cc1Nc1ccccn1. The minimum absolute atomic E-state index is 0.311. The third kappa shape index (κ3) is 4.37. The number of ether oxygens (including phenoxy) is 2. The lowest BCUT2D eigenvalue weighted by Crippen LogP contribution is -2.14. The normalized spacial score (nSPS) is 9.91. The number of amides is 1. The molecule has 1 aromatic carbocycles. The van der Waals surface area contributed by atoms with Gasteiger partial charge in [-0.3, -0.25) is 5.32 Å². The van der Waals surface area contributed by atoms with Crippen LogP contribution in [-0.2, 0) is 4.74 Å². The fraction of sp³-hybridized carbons (Fsp3) is 0.250. The standard InChI is InChI=1S/C16H19N3O3/c1-3-21-12-8-9-13(19-16(20)22-4-2)14(11-12)18-15-7-5-6-10-17-15/h5-11H,3-4H2,1-2H3,(H,17,18)(H,19,20). The zero-order chi connectivity index (χ0) is 15.8. The van der Waals surface area contributed by atoms with Gasteiger partial charge in [0.2, 0.25) is 0 Å². The van der Waals surface area contributed by atoms with Gasteiger partial charge in [-0.1, -0.05) is 6.07 Å². The molecule has 2 rings (SSSR count). The van der Waals surface area contributed by atoms with E-state index in [9.17, 15) is 4.79 Å². The van der Waals surface area contributed by atoms with E-state index in [0.29, 0.717) is 36.2 Å². The summed E-state index contributed by atoms with van der Waals surface area (Å²) >= 11 is 0. The number of hydrogen-bond donors (Lipinski definition) is 2. The van der Waals surface area contributed by atoms with Gasteiger partial charge in [-0.25, -0.2) is 9.78 Å². The number of benzene rings is 1. The van der Waals surface area contributed by atoms with Crippen LogP contribution in [0.3, 0.4) is 0 Å². The van der Waals surface area contributed by atoms with Crippen molar-refractivity contribution in [1.29, 1.82) is 0 Å². The van der Waals surface area contributed by atoms with E-state index >= 15 is 0 Å². The summed E-state index contributed by atoms with van der Waals surface area (Å²) in [5, 5.41) is 5.85. The first-order valence-electron chi connectivity index (χ1n) is 7.11. The maximum absolute atomic E-state index is 11.6. The molecule has 6 nitrogen and oxygen atoms in total. The summed E-state index contributed by atoms with van der Waals surface area (Å²) in [6.07, 6.45) is 1.18. The van der Waals surface area contributed by atoms with Crippen LogP contribution >= 0.6 is 0 Å². The Bertz CT molecular complexity index is 617. The van der Waals surface area contributed by atoms with E-state index in [1.807, 2.05) is 25.1 Å². The Morgan fingerprint density at radius 2 is 2.00 bits per heavy atom. The molecule has 1 amide bonds. The molecule has 0 aliphatic carbocycles. The van der Waals surface area contributed by atoms with Crippen molar-refractivity contribution in [2.45, 2.75) is 13.8 Å². The number of carbonyl (C=O) groups is 1. The van der Waals surface area contributed by atoms with Crippen LogP contribution in [-0.4, -0.2) is 24.3 Å². The Hall–Kier alpha value is -2.76. The molecule has 0 aliphatic rings. The highest BCUT2D eigenvalue weighted by molar-refractivity contribution is 5.90. The molecule has 1 heterocycles. The summed E-state index contributed by atoms with van der Waals surface area (Å²) in [6, 6.07) is 10.9. The Morgan fingerprint density at radius 1 is 1.14 bits per heavy atom. The van der Waals surface area contributed by atoms with Crippen LogP contribution in [0, 0.1) is 0 Å². The summed E-state index contributed by atoms with van der Waals surface area (Å²) < 4.78 is 10.4. The molecular weight excluding hydrogens is 282 g/mol. The Balaban J connectivity index is 2.25. The average molecular weight is 301 g/mol. The quantitative estimate of drug-likeness (QED) is 0.849. The minimum atomic E-state index is -0.504. The fourth-order valence-electron chi connectivity index (χ4n) is 1.84. The molecule has 0 saturated carbocycles. The number of pyridine rings is 1. The van der Waals surface area contributed by atoms with Gasteiger partial charge >= 0.3 is 6.09 Å². The molecule has 0 atom stereocenters. The van der Waals surface area contributed by atoms with Crippen molar-refractivity contribution in [3.63, 3.8) is 0 Å². The van der Waals surface area contributed by atoms with Crippen LogP contribution in [0.2, 0.25) is 0 Å². The van der Waals surface area contributed by atoms with Crippen LogP contribution in [0.4, 0.5) is 22.0 Å². The Kier molecular flexibility index (Phi) is 5.59. The number of nitrogens with zero attached hydrogens (tertiary/aromatic N) is 1. The first-order valence-corrected chi connectivity index (χ1v) is 7.11. The van der Waals surface area contributed by atoms with Crippen molar-refractivity contribution in [2.24, 2.45) is 0 Å². The highest BCUT2D eigenvalue weighted by atomic mass is 16.5. The molecule has 2 N–H and O–H groups in total. The van der Waals surface area contributed by atoms with Gasteiger partial charge in [0.15, 0.2) is 0 Å². The van der Waals surface area contributed by atoms with E-state index in [0.717, 1.165) is 0 Å². The minimum Gasteiger partial charge on any atom is -0.494 e. The molecule has 0 saturated heterocycles. The number of rotatable bonds is 6. The van der Waals surface area contributed by atoms with Crippen LogP contribution in [0.1, 0.15) is 13.8 Å². The van der Waals surface area contributed by atoms with E-state index in [1.54, 1.807) is 31.3 Å². The number of hydrogen-bond acceptors (Lipinski definition) is 5. The summed E-state index contributed by atoms with van der Waals surface area (Å²) in [6.45, 7) is 4.54. The van der Waals surface area contributed by atoms with Gasteiger partial charge < -0.3 is 14.8 Å². The molecule has 0 fully saturated rings. The molecule has 22 heavy (non-hydrogen) atoms. The van der Waals surface area contributed by atoms with Crippen LogP contribution < -0.4 is 15.4 Å². The van der Waals surface area contributed by atoms with Gasteiger partial charge in [0.25, 0.3) is 0 Å². The summed E-state index contributed by atoms with van der Waals surface area (Å²) in [4.78, 5) is 15.8. The van der Waals surface area contributed by atoms with Crippen molar-refractivity contribution < 1.29 is 14.3 Å². The van der Waals surface area contributed by atoms with Crippen LogP contribution in [0.25, 0.3) is 0 Å². The van der Waals surface area contributed by atoms with Crippen molar-refractivity contribution in [3.05, 3.63) is 42.6 Å². The van der Waals surface area contributed by atoms with Crippen molar-refractivity contribution in [3.8, 4) is 5.75 Å². The second-order valence-electron chi connectivity index (χ2n) is 4.33. The average Bonchev–Trinajstić information content (AvgIpc) is 2.51. The predicted molar refractivity (Wildman–Crippen MR) is 85.8 cm³/mol. The van der Waals surface area contributed by atoms with Crippen molar-refractivity contribution in [1.82, 2.24) is 4.98 Å². The van der Waals surface area contributed by atoms with E-state index < -0.39 is 6.09 Å². The molecular formula is C16H19N3O3. The monoisotopic (exact) mass is 301 g/mol. The molecule has 1 aromatic heterocycles. The second kappa shape index (κ2) is 7.87. The zero-order valence-electron chi connectivity index (χ0n) is 12.6. The van der Waals surface area contributed by atoms with E-state index in [-0.39, 0.29) is 0 Å². The molecule has 0 unspecified atom stereocenters. The van der Waals surface area contributed by atoms with E-state index in [2.05, 4.69) is 15.6 Å². The molecule has 0 bridgehead atoms. The topological polar surface area (TPSA) is 72.5 Å². The first-order chi connectivity index (χ1) is 10.7. The lowest BCUT2D eigenvalue weighted by atomic mass is 10.2. The van der Waals surface area contributed by atoms with Gasteiger partial charge in [-0.15, -0.1) is 0 Å². The maximum atomic E-state index is 11.6. The summed E-state index contributed by atoms with van der Waals surface area (Å²) in [7, 11) is 0. The Morgan fingerprint density at radius 3 is 2.68 bits per heavy atom. The first kappa shape index (κ1) is 15.6. The van der Waals surface area contributed by atoms with Gasteiger partial charge in [0, 0.05) is 12.3 Å². The van der Waals surface area contributed by atoms with Gasteiger partial charge in [-0.2, -0.15) is 0 Å². The van der Waals surface area contributed by atoms with Gasteiger partial charge in [0.05, 0.1) is 24.6 Å². The van der Waals surface area contributed by atoms with Crippen molar-refractivity contribution in [2.75, 3.05) is 23.8 Å². The van der Waals surface area contributed by atoms with Gasteiger partial charge in [0.1, 0.15) is 11.6 Å². The summed E-state index contributed by atoms with van der Waals surface area (Å²) in [5.74, 6) is 1.37. The van der Waals surface area contributed by atoms with E-state index in [1.165, 1.54) is 0 Å². The highest BCUT2D eigenvalue weighted by Crippen LogP contribution is 2.29. The fourth-order valence-corrected chi connectivity index (χ4v) is 1.84. The van der Waals surface area contributed by atoms with Crippen molar-refractivity contribution >= 4 is 23.3 Å². The number of aromatic nitrogens is 1. The highest BCUT2D eigenvalue weighted by Gasteiger charge is 2.09. The molecule has 0 radical (unpaired) electrons. The molecule has 0 spiro atoms. The Labute approximate surface area is 129 Å². The molecule has 0 aliphatic heterocycles. The number of nitrogens with one attached hydrogen (secondary N) is 2. The largest absolute Gasteiger partial charge is 0.494 e. The third-order valence-corrected chi connectivity index (χ3v) is 2.74. The number of anilines is 3. The number of carbonyl (C=O) groups excluding carboxylic acids is 1. The molecule has 2 aromatic rings. The summed E-state index contributed by atoms with van der Waals surface area (Å²) in [5.41, 5.74) is 1.27. The lowest BCUT2D eigenvalue weighted by Gasteiger charge is -2.14. The van der Waals surface area contributed by atoms with E-state index in [4.69, 9.17) is 9.47 Å². The predicted octanol–water partition coefficient (Wildman–Crippen LogP) is 3.79. The lowest BCUT2D eigenvalue weighted by molar-refractivity contribution is 0.168. The van der Waals surface area contributed by atoms with Crippen LogP contribution in [0.15, 0.2) is 42.6 Å². The second-order valence-corrected chi connectivity index (χ2v) is 4.33. The molecule has 6 heteroatoms. The smallest absolute Gasteiger partial charge is 0.411 e. The third-order valence-electron chi connectivity index (χ3n) is 2.74. The maximum Gasteiger partial charge on any atom is 0.411 e. The zero-order valence-corrected chi connectivity index (χ0v) is 12.6. The van der Waals surface area contributed by atoms with Crippen LogP contribution in [0.5, 0.6) is 5.75 Å².